The summed E-state index contributed by atoms with van der Waals surface area (Å²) in [5, 5.41) is 0. The van der Waals surface area contributed by atoms with E-state index >= 15 is 0 Å². The standard InChI is InChI=1S/C30H22F6N2.Pt/c1-27(2)19-11-17(13-21(15-19)29(31,32)33)23-7-5-9-25(37-23)28(3,4)26-10-6-8-24(38-26)18-12-20(27)16-22(14-18)30(34,35)36;/h5-10,13-16H,1-4H3;/q-2;+2. The number of alkyl halides is 6. The van der Waals surface area contributed by atoms with Crippen molar-refractivity contribution >= 4 is 0 Å². The van der Waals surface area contributed by atoms with Crippen LogP contribution in [0.2, 0.25) is 0 Å². The average molecular weight is 720 g/mol. The molecule has 4 aromatic rings. The van der Waals surface area contributed by atoms with E-state index in [9.17, 15) is 26.3 Å². The van der Waals surface area contributed by atoms with Crippen LogP contribution in [0.4, 0.5) is 26.3 Å². The van der Waals surface area contributed by atoms with Gasteiger partial charge in [0.1, 0.15) is 0 Å². The molecular weight excluding hydrogens is 697 g/mol. The fraction of sp³-hybridized carbons (Fsp3) is 0.267. The van der Waals surface area contributed by atoms with E-state index < -0.39 is 34.3 Å². The number of hydrogen-bond acceptors (Lipinski definition) is 2. The Hall–Kier alpha value is -2.99. The molecule has 2 nitrogen and oxygen atoms in total. The number of halogens is 6. The molecule has 204 valence electrons. The van der Waals surface area contributed by atoms with Crippen LogP contribution in [0, 0.1) is 12.1 Å². The van der Waals surface area contributed by atoms with E-state index in [0.29, 0.717) is 11.4 Å². The predicted octanol–water partition coefficient (Wildman–Crippen LogP) is 8.41. The quantitative estimate of drug-likeness (QED) is 0.135. The Kier molecular flexibility index (Phi) is 7.12. The second kappa shape index (κ2) is 9.58. The molecule has 0 unspecified atom stereocenters. The maximum Gasteiger partial charge on any atom is 2.00 e. The first-order valence-corrected chi connectivity index (χ1v) is 11.8. The molecule has 0 saturated carbocycles. The van der Waals surface area contributed by atoms with Gasteiger partial charge in [0.05, 0.1) is 0 Å². The van der Waals surface area contributed by atoms with Gasteiger partial charge in [0.25, 0.3) is 0 Å². The summed E-state index contributed by atoms with van der Waals surface area (Å²) in [5.41, 5.74) is -2.11. The Morgan fingerprint density at radius 1 is 0.590 bits per heavy atom. The Labute approximate surface area is 236 Å². The molecule has 3 heterocycles. The molecule has 9 heteroatoms. The monoisotopic (exact) mass is 719 g/mol. The van der Waals surface area contributed by atoms with E-state index in [1.807, 2.05) is 13.8 Å². The molecule has 1 aliphatic rings. The van der Waals surface area contributed by atoms with Gasteiger partial charge >= 0.3 is 33.4 Å². The van der Waals surface area contributed by atoms with Gasteiger partial charge < -0.3 is 9.97 Å². The first-order valence-electron chi connectivity index (χ1n) is 11.8. The summed E-state index contributed by atoms with van der Waals surface area (Å²) in [7, 11) is 0. The molecule has 0 fully saturated rings. The first kappa shape index (κ1) is 29.0. The van der Waals surface area contributed by atoms with Crippen LogP contribution in [0.15, 0.2) is 60.7 Å². The van der Waals surface area contributed by atoms with Gasteiger partial charge in [0.15, 0.2) is 0 Å². The Bertz CT molecular complexity index is 1440. The number of rotatable bonds is 0. The third-order valence-electron chi connectivity index (χ3n) is 7.07. The van der Waals surface area contributed by atoms with Crippen molar-refractivity contribution in [3.63, 3.8) is 0 Å². The van der Waals surface area contributed by atoms with E-state index in [1.54, 1.807) is 50.2 Å². The van der Waals surface area contributed by atoms with Crippen molar-refractivity contribution in [3.05, 3.63) is 106 Å². The second-order valence-corrected chi connectivity index (χ2v) is 10.5. The van der Waals surface area contributed by atoms with Crippen molar-refractivity contribution in [2.75, 3.05) is 0 Å². The van der Waals surface area contributed by atoms with Crippen LogP contribution in [0.1, 0.15) is 61.3 Å². The number of pyridine rings is 2. The molecular formula is C30H22F6N2Pt. The van der Waals surface area contributed by atoms with E-state index in [-0.39, 0.29) is 54.7 Å². The van der Waals surface area contributed by atoms with Crippen molar-refractivity contribution in [3.8, 4) is 22.5 Å². The molecule has 39 heavy (non-hydrogen) atoms. The summed E-state index contributed by atoms with van der Waals surface area (Å²) in [5.74, 6) is 0. The zero-order valence-corrected chi connectivity index (χ0v) is 23.5. The van der Waals surface area contributed by atoms with Crippen LogP contribution in [0.5, 0.6) is 0 Å². The van der Waals surface area contributed by atoms with Crippen LogP contribution < -0.4 is 0 Å². The van der Waals surface area contributed by atoms with E-state index in [1.165, 1.54) is 0 Å². The zero-order chi connectivity index (χ0) is 27.7. The fourth-order valence-electron chi connectivity index (χ4n) is 4.56. The van der Waals surface area contributed by atoms with Crippen LogP contribution >= 0.6 is 0 Å². The van der Waals surface area contributed by atoms with Gasteiger partial charge in [-0.05, 0) is 53.9 Å². The van der Waals surface area contributed by atoms with Gasteiger partial charge in [-0.15, -0.1) is 58.7 Å². The van der Waals surface area contributed by atoms with Gasteiger partial charge in [-0.2, -0.15) is 26.3 Å². The number of hydrogen-bond donors (Lipinski definition) is 0. The molecule has 2 aromatic carbocycles. The van der Waals surface area contributed by atoms with E-state index in [2.05, 4.69) is 12.1 Å². The molecule has 0 spiro atoms. The third-order valence-corrected chi connectivity index (χ3v) is 7.07. The van der Waals surface area contributed by atoms with Crippen molar-refractivity contribution in [2.24, 2.45) is 0 Å². The minimum absolute atomic E-state index is 0. The van der Waals surface area contributed by atoms with Gasteiger partial charge in [0.2, 0.25) is 0 Å². The third kappa shape index (κ3) is 5.28. The summed E-state index contributed by atoms with van der Waals surface area (Å²) in [6.45, 7) is 6.81. The minimum atomic E-state index is -4.69. The molecule has 0 N–H and O–H groups in total. The molecule has 2 aromatic heterocycles. The number of fused-ring (bicyclic) bond motifs is 10. The topological polar surface area (TPSA) is 25.8 Å². The van der Waals surface area contributed by atoms with Crippen molar-refractivity contribution in [2.45, 2.75) is 50.9 Å². The molecule has 0 saturated heterocycles. The molecule has 8 bridgehead atoms. The molecule has 0 aliphatic carbocycles. The van der Waals surface area contributed by atoms with Crippen LogP contribution in [-0.2, 0) is 44.2 Å². The SMILES string of the molecule is CC1(C)c2[c-]c(cc(C(F)(F)F)c2)-c2cccc(n2)C(C)(C)c2cccc(n2)-c2[c-]c1cc(C(F)(F)F)c2.[Pt+2]. The summed E-state index contributed by atoms with van der Waals surface area (Å²) < 4.78 is 84.0. The summed E-state index contributed by atoms with van der Waals surface area (Å²) in [6.07, 6.45) is -9.39. The Morgan fingerprint density at radius 3 is 1.33 bits per heavy atom. The van der Waals surface area contributed by atoms with Crippen LogP contribution in [0.25, 0.3) is 22.5 Å². The maximum absolute atomic E-state index is 14.0. The molecule has 0 atom stereocenters. The predicted molar refractivity (Wildman–Crippen MR) is 131 cm³/mol. The minimum Gasteiger partial charge on any atom is -0.300 e. The molecule has 1 aliphatic heterocycles. The number of benzene rings is 2. The fourth-order valence-corrected chi connectivity index (χ4v) is 4.56. The second-order valence-electron chi connectivity index (χ2n) is 10.5. The van der Waals surface area contributed by atoms with Gasteiger partial charge in [-0.25, -0.2) is 0 Å². The van der Waals surface area contributed by atoms with Gasteiger partial charge in [-0.1, -0.05) is 38.1 Å². The molecule has 0 radical (unpaired) electrons. The average Bonchev–Trinajstić information content (AvgIpc) is 2.87. The summed E-state index contributed by atoms with van der Waals surface area (Å²) in [6, 6.07) is 19.9. The van der Waals surface area contributed by atoms with Gasteiger partial charge in [0, 0.05) is 16.8 Å². The normalized spacial score (nSPS) is 15.6. The van der Waals surface area contributed by atoms with Crippen LogP contribution in [0.3, 0.4) is 0 Å². The smallest absolute Gasteiger partial charge is 0.300 e. The maximum atomic E-state index is 14.0. The summed E-state index contributed by atoms with van der Waals surface area (Å²) >= 11 is 0. The van der Waals surface area contributed by atoms with Gasteiger partial charge in [-0.3, -0.25) is 0 Å². The number of aromatic nitrogens is 2. The Morgan fingerprint density at radius 2 is 0.974 bits per heavy atom. The van der Waals surface area contributed by atoms with Crippen molar-refractivity contribution in [1.82, 2.24) is 9.97 Å². The molecule has 0 amide bonds. The van der Waals surface area contributed by atoms with E-state index in [0.717, 1.165) is 24.3 Å². The first-order chi connectivity index (χ1) is 17.6. The summed E-state index contributed by atoms with van der Waals surface area (Å²) in [4.78, 5) is 9.38. The van der Waals surface area contributed by atoms with Crippen molar-refractivity contribution < 1.29 is 47.4 Å². The van der Waals surface area contributed by atoms with Crippen LogP contribution in [-0.4, -0.2) is 9.97 Å². The Balaban J connectivity index is 0.00000353. The number of nitrogens with zero attached hydrogens (tertiary/aromatic N) is 2. The molecule has 5 rings (SSSR count). The largest absolute Gasteiger partial charge is 2.00 e. The van der Waals surface area contributed by atoms with Crippen molar-refractivity contribution in [1.29, 1.82) is 0 Å². The zero-order valence-electron chi connectivity index (χ0n) is 21.3. The van der Waals surface area contributed by atoms with E-state index in [4.69, 9.17) is 9.97 Å².